The average Bonchev–Trinajstić information content (AvgIpc) is 2.84. The number of nitrogens with one attached hydrogen (secondary N) is 1. The van der Waals surface area contributed by atoms with Gasteiger partial charge in [0.15, 0.2) is 0 Å². The van der Waals surface area contributed by atoms with E-state index in [2.05, 4.69) is 25.2 Å². The largest absolute Gasteiger partial charge is 0.309 e. The molecule has 0 saturated heterocycles. The van der Waals surface area contributed by atoms with E-state index < -0.39 is 0 Å². The van der Waals surface area contributed by atoms with Crippen LogP contribution in [-0.4, -0.2) is 6.54 Å². The van der Waals surface area contributed by atoms with Crippen LogP contribution in [0.25, 0.3) is 0 Å². The minimum atomic E-state index is 0.519. The summed E-state index contributed by atoms with van der Waals surface area (Å²) in [7, 11) is 0. The summed E-state index contributed by atoms with van der Waals surface area (Å²) in [5.74, 6) is 1.78. The summed E-state index contributed by atoms with van der Waals surface area (Å²) in [5.41, 5.74) is 0. The highest BCUT2D eigenvalue weighted by Gasteiger charge is 2.28. The van der Waals surface area contributed by atoms with Crippen molar-refractivity contribution >= 4 is 22.9 Å². The predicted molar refractivity (Wildman–Crippen MR) is 86.1 cm³/mol. The molecule has 1 aromatic heterocycles. The van der Waals surface area contributed by atoms with Crippen molar-refractivity contribution in [3.05, 3.63) is 21.3 Å². The Morgan fingerprint density at radius 2 is 2.00 bits per heavy atom. The summed E-state index contributed by atoms with van der Waals surface area (Å²) < 4.78 is 0.914. The van der Waals surface area contributed by atoms with Crippen LogP contribution in [0.15, 0.2) is 12.1 Å². The fraction of sp³-hybridized carbons (Fsp3) is 0.750. The Morgan fingerprint density at radius 1 is 1.26 bits per heavy atom. The highest BCUT2D eigenvalue weighted by Crippen LogP contribution is 2.40. The molecule has 1 nitrogen and oxygen atoms in total. The highest BCUT2D eigenvalue weighted by molar-refractivity contribution is 7.16. The van der Waals surface area contributed by atoms with Crippen molar-refractivity contribution in [1.82, 2.24) is 5.32 Å². The SMILES string of the molecule is CCCC1CCC(C(NCC)c2ccc(Cl)s2)CC1. The maximum atomic E-state index is 6.10. The van der Waals surface area contributed by atoms with Gasteiger partial charge >= 0.3 is 0 Å². The third-order valence-electron chi connectivity index (χ3n) is 4.38. The molecule has 1 aromatic rings. The van der Waals surface area contributed by atoms with E-state index in [0.29, 0.717) is 6.04 Å². The van der Waals surface area contributed by atoms with Gasteiger partial charge in [0.2, 0.25) is 0 Å². The molecule has 1 unspecified atom stereocenters. The van der Waals surface area contributed by atoms with Gasteiger partial charge in [-0.05, 0) is 43.4 Å². The van der Waals surface area contributed by atoms with Crippen LogP contribution in [-0.2, 0) is 0 Å². The van der Waals surface area contributed by atoms with Crippen molar-refractivity contribution in [2.75, 3.05) is 6.54 Å². The second kappa shape index (κ2) is 7.66. The van der Waals surface area contributed by atoms with E-state index in [4.69, 9.17) is 11.6 Å². The zero-order chi connectivity index (χ0) is 13.7. The maximum Gasteiger partial charge on any atom is 0.0931 e. The zero-order valence-corrected chi connectivity index (χ0v) is 13.7. The van der Waals surface area contributed by atoms with E-state index in [1.165, 1.54) is 43.4 Å². The van der Waals surface area contributed by atoms with Crippen molar-refractivity contribution in [1.29, 1.82) is 0 Å². The predicted octanol–water partition coefficient (Wildman–Crippen LogP) is 5.66. The van der Waals surface area contributed by atoms with Crippen LogP contribution in [0.4, 0.5) is 0 Å². The summed E-state index contributed by atoms with van der Waals surface area (Å²) in [4.78, 5) is 1.42. The van der Waals surface area contributed by atoms with Gasteiger partial charge in [-0.25, -0.2) is 0 Å². The first-order valence-corrected chi connectivity index (χ1v) is 8.92. The van der Waals surface area contributed by atoms with Crippen molar-refractivity contribution < 1.29 is 0 Å². The molecule has 1 aliphatic rings. The fourth-order valence-corrected chi connectivity index (χ4v) is 4.66. The minimum absolute atomic E-state index is 0.519. The van der Waals surface area contributed by atoms with Crippen LogP contribution in [0, 0.1) is 11.8 Å². The molecule has 1 heterocycles. The second-order valence-corrected chi connectivity index (χ2v) is 7.49. The Bertz CT molecular complexity index is 369. The molecule has 1 fully saturated rings. The van der Waals surface area contributed by atoms with Gasteiger partial charge in [0.05, 0.1) is 4.34 Å². The maximum absolute atomic E-state index is 6.10. The third-order valence-corrected chi connectivity index (χ3v) is 5.70. The molecule has 0 bridgehead atoms. The van der Waals surface area contributed by atoms with E-state index in [0.717, 1.165) is 22.7 Å². The molecule has 1 aliphatic carbocycles. The smallest absolute Gasteiger partial charge is 0.0931 e. The van der Waals surface area contributed by atoms with Gasteiger partial charge in [-0.3, -0.25) is 0 Å². The van der Waals surface area contributed by atoms with Gasteiger partial charge in [0, 0.05) is 10.9 Å². The number of hydrogen-bond donors (Lipinski definition) is 1. The molecule has 0 spiro atoms. The number of thiophene rings is 1. The molecule has 1 N–H and O–H groups in total. The molecule has 1 atom stereocenters. The summed E-state index contributed by atoms with van der Waals surface area (Å²) in [5, 5.41) is 3.68. The topological polar surface area (TPSA) is 12.0 Å². The van der Waals surface area contributed by atoms with E-state index in [9.17, 15) is 0 Å². The van der Waals surface area contributed by atoms with Gasteiger partial charge in [-0.15, -0.1) is 11.3 Å². The van der Waals surface area contributed by atoms with Crippen molar-refractivity contribution in [2.24, 2.45) is 11.8 Å². The average molecular weight is 300 g/mol. The van der Waals surface area contributed by atoms with Crippen LogP contribution in [0.1, 0.15) is 63.3 Å². The Morgan fingerprint density at radius 3 is 2.53 bits per heavy atom. The molecule has 108 valence electrons. The summed E-state index contributed by atoms with van der Waals surface area (Å²) in [6.07, 6.45) is 8.34. The summed E-state index contributed by atoms with van der Waals surface area (Å²) in [6, 6.07) is 4.76. The lowest BCUT2D eigenvalue weighted by atomic mass is 9.76. The monoisotopic (exact) mass is 299 g/mol. The molecule has 19 heavy (non-hydrogen) atoms. The number of halogens is 1. The Kier molecular flexibility index (Phi) is 6.18. The standard InChI is InChI=1S/C16H26ClNS/c1-3-5-12-6-8-13(9-7-12)16(18-4-2)14-10-11-15(17)19-14/h10-13,16,18H,3-9H2,1-2H3. The van der Waals surface area contributed by atoms with E-state index >= 15 is 0 Å². The first kappa shape index (κ1) is 15.3. The molecule has 0 aliphatic heterocycles. The van der Waals surface area contributed by atoms with Crippen LogP contribution >= 0.6 is 22.9 Å². The zero-order valence-electron chi connectivity index (χ0n) is 12.1. The van der Waals surface area contributed by atoms with Gasteiger partial charge < -0.3 is 5.32 Å². The van der Waals surface area contributed by atoms with E-state index in [-0.39, 0.29) is 0 Å². The lowest BCUT2D eigenvalue weighted by molar-refractivity contribution is 0.217. The first-order chi connectivity index (χ1) is 9.24. The fourth-order valence-electron chi connectivity index (χ4n) is 3.43. The first-order valence-electron chi connectivity index (χ1n) is 7.73. The lowest BCUT2D eigenvalue weighted by Gasteiger charge is -2.34. The van der Waals surface area contributed by atoms with Gasteiger partial charge in [-0.1, -0.05) is 51.1 Å². The number of hydrogen-bond acceptors (Lipinski definition) is 2. The Balaban J connectivity index is 1.97. The van der Waals surface area contributed by atoms with Crippen molar-refractivity contribution in [3.8, 4) is 0 Å². The minimum Gasteiger partial charge on any atom is -0.309 e. The molecule has 0 aromatic carbocycles. The lowest BCUT2D eigenvalue weighted by Crippen LogP contribution is -2.30. The Labute approximate surface area is 126 Å². The third kappa shape index (κ3) is 4.21. The highest BCUT2D eigenvalue weighted by atomic mass is 35.5. The Hall–Kier alpha value is -0.0500. The molecule has 0 amide bonds. The van der Waals surface area contributed by atoms with Gasteiger partial charge in [-0.2, -0.15) is 0 Å². The quantitative estimate of drug-likeness (QED) is 0.715. The second-order valence-electron chi connectivity index (χ2n) is 5.75. The molecular formula is C16H26ClNS. The molecule has 3 heteroatoms. The van der Waals surface area contributed by atoms with Gasteiger partial charge in [0.1, 0.15) is 0 Å². The van der Waals surface area contributed by atoms with Crippen LogP contribution in [0.2, 0.25) is 4.34 Å². The van der Waals surface area contributed by atoms with E-state index in [1.54, 1.807) is 11.3 Å². The summed E-state index contributed by atoms with van der Waals surface area (Å²) in [6.45, 7) is 5.54. The van der Waals surface area contributed by atoms with Crippen molar-refractivity contribution in [3.63, 3.8) is 0 Å². The van der Waals surface area contributed by atoms with Crippen LogP contribution < -0.4 is 5.32 Å². The normalized spacial score (nSPS) is 25.4. The molecule has 0 radical (unpaired) electrons. The van der Waals surface area contributed by atoms with Gasteiger partial charge in [0.25, 0.3) is 0 Å². The van der Waals surface area contributed by atoms with Crippen LogP contribution in [0.5, 0.6) is 0 Å². The van der Waals surface area contributed by atoms with Crippen molar-refractivity contribution in [2.45, 2.75) is 58.4 Å². The molecule has 1 saturated carbocycles. The number of rotatable bonds is 6. The molecule has 2 rings (SSSR count). The van der Waals surface area contributed by atoms with E-state index in [1.807, 2.05) is 6.07 Å². The molecular weight excluding hydrogens is 274 g/mol. The summed E-state index contributed by atoms with van der Waals surface area (Å²) >= 11 is 7.84. The van der Waals surface area contributed by atoms with Crippen LogP contribution in [0.3, 0.4) is 0 Å².